The molecule has 2 amide bonds. The Morgan fingerprint density at radius 1 is 1.15 bits per heavy atom. The van der Waals surface area contributed by atoms with Gasteiger partial charge in [0.15, 0.2) is 5.11 Å². The molecular formula is C31H32F6N6O2S. The Kier molecular flexibility index (Phi) is 14.9. The molecule has 1 aliphatic heterocycles. The number of thiocarbonyl (C=S) groups is 1. The van der Waals surface area contributed by atoms with Crippen LogP contribution in [0.3, 0.4) is 0 Å². The molecule has 0 unspecified atom stereocenters. The van der Waals surface area contributed by atoms with Crippen molar-refractivity contribution in [3.63, 3.8) is 0 Å². The van der Waals surface area contributed by atoms with Crippen LogP contribution < -0.4 is 20.9 Å². The van der Waals surface area contributed by atoms with Crippen LogP contribution in [0.15, 0.2) is 55.0 Å². The highest BCUT2D eigenvalue weighted by Gasteiger charge is 2.51. The van der Waals surface area contributed by atoms with E-state index in [0.717, 1.165) is 12.1 Å². The third-order valence-corrected chi connectivity index (χ3v) is 6.70. The number of aryl methyl sites for hydroxylation is 1. The number of nitrogens with zero attached hydrogens (tertiary/aromatic N) is 4. The van der Waals surface area contributed by atoms with Crippen LogP contribution in [0.4, 0.5) is 37.7 Å². The number of amides is 2. The second-order valence-corrected chi connectivity index (χ2v) is 10.2. The van der Waals surface area contributed by atoms with E-state index in [9.17, 15) is 35.9 Å². The molecule has 2 aromatic rings. The summed E-state index contributed by atoms with van der Waals surface area (Å²) in [6, 6.07) is 7.88. The van der Waals surface area contributed by atoms with Crippen molar-refractivity contribution >= 4 is 40.5 Å². The minimum absolute atomic E-state index is 0.137. The Balaban J connectivity index is 0.000000919. The van der Waals surface area contributed by atoms with E-state index in [2.05, 4.69) is 5.32 Å². The predicted octanol–water partition coefficient (Wildman–Crippen LogP) is 6.70. The molecule has 1 fully saturated rings. The Morgan fingerprint density at radius 2 is 1.78 bits per heavy atom. The number of hydrogen-bond donors (Lipinski definition) is 2. The van der Waals surface area contributed by atoms with E-state index in [1.54, 1.807) is 12.1 Å². The van der Waals surface area contributed by atoms with Crippen LogP contribution in [0.1, 0.15) is 56.7 Å². The van der Waals surface area contributed by atoms with Gasteiger partial charge in [0, 0.05) is 19.2 Å². The van der Waals surface area contributed by atoms with Gasteiger partial charge in [-0.25, -0.2) is 13.2 Å². The van der Waals surface area contributed by atoms with E-state index < -0.39 is 46.1 Å². The molecule has 0 bridgehead atoms. The summed E-state index contributed by atoms with van der Waals surface area (Å²) in [5.74, 6) is -2.89. The largest absolute Gasteiger partial charge is 0.417 e. The lowest BCUT2D eigenvalue weighted by Crippen LogP contribution is -2.44. The standard InChI is InChI=1S/C24H21F5N4O2S.C4H4FN.C3H7N/c1-23(2)21(35)32(19-11-16(24(27,28)29)14(12-30)9-18(19)26)22(36)33(23)15-8-7-13(17(25)10-15)5-4-6-20(34)31-3;5-3-1-2-4-6;1-2-3-4/h7-11H,4-6H2,1-3H3,(H,31,34);1,3H,2H2;2-3H,4H2,1H3/b;3-1+;3-2-. The molecule has 8 nitrogen and oxygen atoms in total. The Labute approximate surface area is 268 Å². The number of allylic oxidation sites excluding steroid dienone is 2. The topological polar surface area (TPSA) is 126 Å². The van der Waals surface area contributed by atoms with Crippen molar-refractivity contribution in [3.05, 3.63) is 83.3 Å². The zero-order valence-electron chi connectivity index (χ0n) is 25.4. The molecule has 0 radical (unpaired) electrons. The van der Waals surface area contributed by atoms with Crippen molar-refractivity contribution in [2.75, 3.05) is 16.8 Å². The molecule has 0 aromatic heterocycles. The van der Waals surface area contributed by atoms with E-state index in [0.29, 0.717) is 35.3 Å². The van der Waals surface area contributed by atoms with Crippen LogP contribution in [0, 0.1) is 34.3 Å². The van der Waals surface area contributed by atoms with Gasteiger partial charge in [0.1, 0.15) is 17.2 Å². The maximum absolute atomic E-state index is 14.9. The van der Waals surface area contributed by atoms with Crippen LogP contribution >= 0.6 is 12.2 Å². The molecular weight excluding hydrogens is 634 g/mol. The highest BCUT2D eigenvalue weighted by atomic mass is 32.1. The first-order valence-corrected chi connectivity index (χ1v) is 13.9. The van der Waals surface area contributed by atoms with Gasteiger partial charge in [-0.3, -0.25) is 14.5 Å². The second kappa shape index (κ2) is 17.6. The molecule has 1 saturated heterocycles. The molecule has 15 heteroatoms. The van der Waals surface area contributed by atoms with Gasteiger partial charge in [0.25, 0.3) is 5.91 Å². The molecule has 246 valence electrons. The fourth-order valence-corrected chi connectivity index (χ4v) is 4.56. The summed E-state index contributed by atoms with van der Waals surface area (Å²) < 4.78 is 80.9. The van der Waals surface area contributed by atoms with E-state index in [1.165, 1.54) is 50.2 Å². The Hall–Kier alpha value is -4.89. The monoisotopic (exact) mass is 666 g/mol. The van der Waals surface area contributed by atoms with Crippen LogP contribution in [0.5, 0.6) is 0 Å². The average Bonchev–Trinajstić information content (AvgIpc) is 3.18. The average molecular weight is 667 g/mol. The van der Waals surface area contributed by atoms with Gasteiger partial charge in [-0.05, 0) is 87.9 Å². The summed E-state index contributed by atoms with van der Waals surface area (Å²) in [5, 5.41) is 18.8. The fraction of sp³-hybridized carbons (Fsp3) is 0.323. The number of carbonyl (C=O) groups excluding carboxylic acids is 2. The number of anilines is 2. The SMILES string of the molecule is C/C=C\N.CNC(=O)CCCc1ccc(N2C(=S)N(c3cc(C(F)(F)F)c(C#N)cc3F)C(=O)C2(C)C)cc1F.N#CC/C=C/F. The third-order valence-electron chi connectivity index (χ3n) is 6.34. The molecule has 3 N–H and O–H groups in total. The molecule has 1 heterocycles. The number of rotatable bonds is 7. The normalized spacial score (nSPS) is 13.9. The van der Waals surface area contributed by atoms with Gasteiger partial charge < -0.3 is 16.0 Å². The van der Waals surface area contributed by atoms with Crippen molar-refractivity contribution in [2.24, 2.45) is 5.73 Å². The lowest BCUT2D eigenvalue weighted by molar-refractivity contribution is -0.137. The van der Waals surface area contributed by atoms with Gasteiger partial charge in [-0.15, -0.1) is 0 Å². The maximum Gasteiger partial charge on any atom is 0.417 e. The number of nitriles is 2. The molecule has 0 saturated carbocycles. The number of nitrogens with two attached hydrogens (primary N) is 1. The van der Waals surface area contributed by atoms with Gasteiger partial charge in [0.05, 0.1) is 41.7 Å². The smallest absolute Gasteiger partial charge is 0.405 e. The minimum Gasteiger partial charge on any atom is -0.405 e. The number of nitrogens with one attached hydrogen (secondary N) is 1. The summed E-state index contributed by atoms with van der Waals surface area (Å²) in [4.78, 5) is 26.4. The first kappa shape index (κ1) is 39.1. The van der Waals surface area contributed by atoms with Crippen molar-refractivity contribution in [1.29, 1.82) is 10.5 Å². The zero-order chi connectivity index (χ0) is 35.2. The molecule has 0 aliphatic carbocycles. The Morgan fingerprint density at radius 3 is 2.24 bits per heavy atom. The molecule has 46 heavy (non-hydrogen) atoms. The van der Waals surface area contributed by atoms with Crippen LogP contribution in [-0.4, -0.2) is 29.5 Å². The Bertz CT molecular complexity index is 1560. The summed E-state index contributed by atoms with van der Waals surface area (Å²) in [7, 11) is 1.50. The van der Waals surface area contributed by atoms with Crippen LogP contribution in [0.25, 0.3) is 0 Å². The fourth-order valence-electron chi connectivity index (χ4n) is 4.04. The van der Waals surface area contributed by atoms with Crippen molar-refractivity contribution in [2.45, 2.75) is 58.2 Å². The molecule has 2 aromatic carbocycles. The predicted molar refractivity (Wildman–Crippen MR) is 166 cm³/mol. The van der Waals surface area contributed by atoms with E-state index >= 15 is 0 Å². The third kappa shape index (κ3) is 9.81. The van der Waals surface area contributed by atoms with E-state index in [1.807, 2.05) is 6.92 Å². The van der Waals surface area contributed by atoms with Crippen LogP contribution in [0.2, 0.25) is 0 Å². The number of carbonyl (C=O) groups is 2. The lowest BCUT2D eigenvalue weighted by Gasteiger charge is -2.29. The summed E-state index contributed by atoms with van der Waals surface area (Å²) >= 11 is 5.35. The number of hydrogen-bond acceptors (Lipinski definition) is 6. The zero-order valence-corrected chi connectivity index (χ0v) is 26.2. The highest BCUT2D eigenvalue weighted by Crippen LogP contribution is 2.41. The van der Waals surface area contributed by atoms with Crippen molar-refractivity contribution in [3.8, 4) is 12.1 Å². The summed E-state index contributed by atoms with van der Waals surface area (Å²) in [5.41, 5.74) is 0.688. The first-order chi connectivity index (χ1) is 21.6. The summed E-state index contributed by atoms with van der Waals surface area (Å²) in [6.45, 7) is 4.71. The lowest BCUT2D eigenvalue weighted by atomic mass is 10.0. The number of alkyl halides is 3. The maximum atomic E-state index is 14.9. The molecule has 0 atom stereocenters. The second-order valence-electron chi connectivity index (χ2n) is 9.83. The van der Waals surface area contributed by atoms with Crippen molar-refractivity contribution < 1.29 is 35.9 Å². The minimum atomic E-state index is -4.98. The molecule has 1 aliphatic rings. The van der Waals surface area contributed by atoms with Gasteiger partial charge >= 0.3 is 6.18 Å². The number of halogens is 6. The molecule has 0 spiro atoms. The van der Waals surface area contributed by atoms with E-state index in [4.69, 9.17) is 28.5 Å². The highest BCUT2D eigenvalue weighted by molar-refractivity contribution is 7.81. The number of benzene rings is 2. The first-order valence-electron chi connectivity index (χ1n) is 13.5. The van der Waals surface area contributed by atoms with Crippen molar-refractivity contribution in [1.82, 2.24) is 5.32 Å². The quantitative estimate of drug-likeness (QED) is 0.249. The molecule has 3 rings (SSSR count). The van der Waals surface area contributed by atoms with Gasteiger partial charge in [-0.2, -0.15) is 23.7 Å². The van der Waals surface area contributed by atoms with E-state index in [-0.39, 0.29) is 36.0 Å². The van der Waals surface area contributed by atoms with Gasteiger partial charge in [-0.1, -0.05) is 12.1 Å². The van der Waals surface area contributed by atoms with Crippen LogP contribution in [-0.2, 0) is 22.2 Å². The summed E-state index contributed by atoms with van der Waals surface area (Å²) in [6.07, 6.45) is 0.856. The van der Waals surface area contributed by atoms with Gasteiger partial charge in [0.2, 0.25) is 5.91 Å².